The van der Waals surface area contributed by atoms with Gasteiger partial charge in [0.05, 0.1) is 6.61 Å². The standard InChI is InChI=1S/C12H23N3O3/c1-6-17-9(12(2,3)4)10-14-11(18-15-10)13-7-8-16-5/h9H,6-8H2,1-5H3,(H,13,14,15). The van der Waals surface area contributed by atoms with Gasteiger partial charge in [-0.3, -0.25) is 0 Å². The van der Waals surface area contributed by atoms with E-state index in [4.69, 9.17) is 14.0 Å². The molecule has 18 heavy (non-hydrogen) atoms. The van der Waals surface area contributed by atoms with Crippen LogP contribution in [0.3, 0.4) is 0 Å². The van der Waals surface area contributed by atoms with Crippen LogP contribution in [-0.4, -0.2) is 37.0 Å². The first kappa shape index (κ1) is 14.9. The summed E-state index contributed by atoms with van der Waals surface area (Å²) in [5.41, 5.74) is -0.0797. The first-order chi connectivity index (χ1) is 8.49. The summed E-state index contributed by atoms with van der Waals surface area (Å²) >= 11 is 0. The molecule has 0 aliphatic carbocycles. The van der Waals surface area contributed by atoms with Crippen molar-refractivity contribution < 1.29 is 14.0 Å². The van der Waals surface area contributed by atoms with Crippen molar-refractivity contribution in [2.45, 2.75) is 33.8 Å². The van der Waals surface area contributed by atoms with Crippen LogP contribution in [0.4, 0.5) is 6.01 Å². The van der Waals surface area contributed by atoms with Gasteiger partial charge in [-0.1, -0.05) is 25.9 Å². The van der Waals surface area contributed by atoms with Gasteiger partial charge >= 0.3 is 6.01 Å². The molecule has 0 spiro atoms. The zero-order chi connectivity index (χ0) is 13.6. The van der Waals surface area contributed by atoms with Crippen LogP contribution in [0.2, 0.25) is 0 Å². The summed E-state index contributed by atoms with van der Waals surface area (Å²) in [6, 6.07) is 0.399. The van der Waals surface area contributed by atoms with Gasteiger partial charge < -0.3 is 19.3 Å². The van der Waals surface area contributed by atoms with Crippen molar-refractivity contribution in [3.8, 4) is 0 Å². The Kier molecular flexibility index (Phi) is 5.55. The fourth-order valence-corrected chi connectivity index (χ4v) is 1.55. The van der Waals surface area contributed by atoms with E-state index in [0.29, 0.717) is 31.6 Å². The Balaban J connectivity index is 2.69. The molecule has 1 atom stereocenters. The molecule has 0 aromatic carbocycles. The summed E-state index contributed by atoms with van der Waals surface area (Å²) in [5, 5.41) is 6.96. The second kappa shape index (κ2) is 6.70. The van der Waals surface area contributed by atoms with Gasteiger partial charge in [0.15, 0.2) is 0 Å². The number of hydrogen-bond donors (Lipinski definition) is 1. The molecule has 0 saturated heterocycles. The van der Waals surface area contributed by atoms with Crippen LogP contribution in [0, 0.1) is 5.41 Å². The molecule has 104 valence electrons. The molecule has 6 nitrogen and oxygen atoms in total. The SMILES string of the molecule is CCOC(c1noc(NCCOC)n1)C(C)(C)C. The number of methoxy groups -OCH3 is 1. The minimum absolute atomic E-state index is 0.0797. The average Bonchev–Trinajstić information content (AvgIpc) is 2.73. The Morgan fingerprint density at radius 3 is 2.67 bits per heavy atom. The molecule has 6 heteroatoms. The van der Waals surface area contributed by atoms with Crippen LogP contribution in [0.5, 0.6) is 0 Å². The number of hydrogen-bond acceptors (Lipinski definition) is 6. The number of anilines is 1. The number of rotatable bonds is 7. The molecule has 0 aliphatic rings. The van der Waals surface area contributed by atoms with Crippen molar-refractivity contribution in [2.75, 3.05) is 32.2 Å². The summed E-state index contributed by atoms with van der Waals surface area (Å²) in [6.07, 6.45) is -0.177. The second-order valence-electron chi connectivity index (χ2n) is 5.08. The fourth-order valence-electron chi connectivity index (χ4n) is 1.55. The second-order valence-corrected chi connectivity index (χ2v) is 5.08. The third-order valence-corrected chi connectivity index (χ3v) is 2.38. The predicted octanol–water partition coefficient (Wildman–Crippen LogP) is 2.25. The van der Waals surface area contributed by atoms with Gasteiger partial charge in [-0.2, -0.15) is 4.98 Å². The third-order valence-electron chi connectivity index (χ3n) is 2.38. The maximum absolute atomic E-state index is 5.69. The van der Waals surface area contributed by atoms with E-state index in [1.54, 1.807) is 7.11 Å². The molecular formula is C12H23N3O3. The number of aromatic nitrogens is 2. The van der Waals surface area contributed by atoms with Gasteiger partial charge in [0.25, 0.3) is 0 Å². The van der Waals surface area contributed by atoms with Gasteiger partial charge in [-0.25, -0.2) is 0 Å². The largest absolute Gasteiger partial charge is 0.383 e. The van der Waals surface area contributed by atoms with E-state index in [0.717, 1.165) is 0 Å². The Morgan fingerprint density at radius 1 is 1.39 bits per heavy atom. The van der Waals surface area contributed by atoms with E-state index in [2.05, 4.69) is 36.2 Å². The van der Waals surface area contributed by atoms with E-state index >= 15 is 0 Å². The molecule has 0 saturated carbocycles. The number of nitrogens with zero attached hydrogens (tertiary/aromatic N) is 2. The van der Waals surface area contributed by atoms with Crippen molar-refractivity contribution in [3.05, 3.63) is 5.82 Å². The minimum atomic E-state index is -0.177. The Labute approximate surface area is 108 Å². The van der Waals surface area contributed by atoms with Gasteiger partial charge in [-0.05, 0) is 12.3 Å². The van der Waals surface area contributed by atoms with Crippen LogP contribution < -0.4 is 5.32 Å². The van der Waals surface area contributed by atoms with Crippen molar-refractivity contribution in [2.24, 2.45) is 5.41 Å². The molecule has 1 rings (SSSR count). The maximum Gasteiger partial charge on any atom is 0.321 e. The summed E-state index contributed by atoms with van der Waals surface area (Å²) in [4.78, 5) is 4.30. The van der Waals surface area contributed by atoms with Gasteiger partial charge in [-0.15, -0.1) is 0 Å². The molecule has 0 amide bonds. The lowest BCUT2D eigenvalue weighted by Crippen LogP contribution is -2.22. The Morgan fingerprint density at radius 2 is 2.11 bits per heavy atom. The molecule has 0 bridgehead atoms. The van der Waals surface area contributed by atoms with Crippen molar-refractivity contribution in [1.29, 1.82) is 0 Å². The number of nitrogens with one attached hydrogen (secondary N) is 1. The first-order valence-electron chi connectivity index (χ1n) is 6.17. The van der Waals surface area contributed by atoms with E-state index < -0.39 is 0 Å². The van der Waals surface area contributed by atoms with Crippen LogP contribution in [-0.2, 0) is 9.47 Å². The smallest absolute Gasteiger partial charge is 0.321 e. The predicted molar refractivity (Wildman–Crippen MR) is 68.5 cm³/mol. The average molecular weight is 257 g/mol. The zero-order valence-electron chi connectivity index (χ0n) is 11.8. The number of ether oxygens (including phenoxy) is 2. The van der Waals surface area contributed by atoms with Crippen molar-refractivity contribution >= 4 is 6.01 Å². The van der Waals surface area contributed by atoms with Crippen molar-refractivity contribution in [3.63, 3.8) is 0 Å². The van der Waals surface area contributed by atoms with E-state index in [-0.39, 0.29) is 11.5 Å². The molecule has 0 radical (unpaired) electrons. The molecule has 1 aromatic rings. The zero-order valence-corrected chi connectivity index (χ0v) is 11.8. The lowest BCUT2D eigenvalue weighted by Gasteiger charge is -2.27. The lowest BCUT2D eigenvalue weighted by atomic mass is 9.88. The van der Waals surface area contributed by atoms with Crippen molar-refractivity contribution in [1.82, 2.24) is 10.1 Å². The van der Waals surface area contributed by atoms with Crippen LogP contribution >= 0.6 is 0 Å². The van der Waals surface area contributed by atoms with Gasteiger partial charge in [0.2, 0.25) is 5.82 Å². The molecular weight excluding hydrogens is 234 g/mol. The quantitative estimate of drug-likeness (QED) is 0.755. The molecule has 1 N–H and O–H groups in total. The topological polar surface area (TPSA) is 69.4 Å². The van der Waals surface area contributed by atoms with Crippen LogP contribution in [0.15, 0.2) is 4.52 Å². The summed E-state index contributed by atoms with van der Waals surface area (Å²) in [6.45, 7) is 10.0. The molecule has 0 aliphatic heterocycles. The molecule has 1 unspecified atom stereocenters. The highest BCUT2D eigenvalue weighted by Gasteiger charge is 2.31. The molecule has 0 fully saturated rings. The van der Waals surface area contributed by atoms with Gasteiger partial charge in [0, 0.05) is 20.3 Å². The van der Waals surface area contributed by atoms with Gasteiger partial charge in [0.1, 0.15) is 6.10 Å². The minimum Gasteiger partial charge on any atom is -0.383 e. The van der Waals surface area contributed by atoms with E-state index in [9.17, 15) is 0 Å². The highest BCUT2D eigenvalue weighted by molar-refractivity contribution is 5.18. The van der Waals surface area contributed by atoms with E-state index in [1.165, 1.54) is 0 Å². The monoisotopic (exact) mass is 257 g/mol. The van der Waals surface area contributed by atoms with Crippen LogP contribution in [0.25, 0.3) is 0 Å². The first-order valence-corrected chi connectivity index (χ1v) is 6.17. The molecule has 1 heterocycles. The third kappa shape index (κ3) is 4.27. The summed E-state index contributed by atoms with van der Waals surface area (Å²) < 4.78 is 15.8. The Hall–Kier alpha value is -1.14. The summed E-state index contributed by atoms with van der Waals surface area (Å²) in [7, 11) is 1.64. The normalized spacial score (nSPS) is 13.6. The summed E-state index contributed by atoms with van der Waals surface area (Å²) in [5.74, 6) is 0.573. The highest BCUT2D eigenvalue weighted by atomic mass is 16.5. The van der Waals surface area contributed by atoms with Crippen LogP contribution in [0.1, 0.15) is 39.6 Å². The lowest BCUT2D eigenvalue weighted by molar-refractivity contribution is -0.0203. The highest BCUT2D eigenvalue weighted by Crippen LogP contribution is 2.34. The maximum atomic E-state index is 5.69. The fraction of sp³-hybridized carbons (Fsp3) is 0.833. The Bertz CT molecular complexity index is 347. The van der Waals surface area contributed by atoms with E-state index in [1.807, 2.05) is 6.92 Å². The molecule has 1 aromatic heterocycles.